The number of likely N-dealkylation sites (tertiary alicyclic amines) is 1. The summed E-state index contributed by atoms with van der Waals surface area (Å²) in [5, 5.41) is 0. The maximum Gasteiger partial charge on any atom is 0.334 e. The van der Waals surface area contributed by atoms with Crippen LogP contribution in [0.2, 0.25) is 0 Å². The Balaban J connectivity index is 1.49. The van der Waals surface area contributed by atoms with Crippen molar-refractivity contribution in [3.8, 4) is 22.9 Å². The second kappa shape index (κ2) is 10.4. The van der Waals surface area contributed by atoms with Crippen LogP contribution in [0.1, 0.15) is 12.5 Å². The van der Waals surface area contributed by atoms with E-state index in [1.807, 2.05) is 0 Å². The molecule has 11 heteroatoms. The van der Waals surface area contributed by atoms with Gasteiger partial charge in [-0.25, -0.2) is 14.2 Å². The molecule has 1 unspecified atom stereocenters. The van der Waals surface area contributed by atoms with Crippen LogP contribution in [0.5, 0.6) is 17.2 Å². The van der Waals surface area contributed by atoms with Gasteiger partial charge in [-0.1, -0.05) is 6.07 Å². The molecule has 3 heterocycles. The molecular weight excluding hydrogens is 496 g/mol. The van der Waals surface area contributed by atoms with Crippen LogP contribution in [-0.2, 0) is 4.79 Å². The van der Waals surface area contributed by atoms with Gasteiger partial charge in [0.15, 0.2) is 11.5 Å². The minimum atomic E-state index is -0.722. The first kappa shape index (κ1) is 25.0. The lowest BCUT2D eigenvalue weighted by molar-refractivity contribution is -0.125. The zero-order chi connectivity index (χ0) is 26.8. The molecule has 1 aliphatic heterocycles. The number of aromatic nitrogens is 3. The molecule has 1 atom stereocenters. The van der Waals surface area contributed by atoms with Crippen LogP contribution in [0.3, 0.4) is 0 Å². The Labute approximate surface area is 216 Å². The zero-order valence-corrected chi connectivity index (χ0v) is 20.5. The number of nitrogens with zero attached hydrogens (tertiary/aromatic N) is 4. The van der Waals surface area contributed by atoms with Crippen molar-refractivity contribution in [2.75, 3.05) is 32.6 Å². The number of alkyl halides is 1. The largest absolute Gasteiger partial charge is 0.494 e. The number of methoxy groups -OCH3 is 1. The van der Waals surface area contributed by atoms with E-state index in [-0.39, 0.29) is 35.0 Å². The number of ether oxygens (including phenoxy) is 2. The van der Waals surface area contributed by atoms with Crippen molar-refractivity contribution in [1.29, 1.82) is 0 Å². The number of pyridine rings is 1. The molecule has 0 radical (unpaired) electrons. The van der Waals surface area contributed by atoms with E-state index in [4.69, 9.17) is 15.2 Å². The summed E-state index contributed by atoms with van der Waals surface area (Å²) in [5.41, 5.74) is 7.40. The number of halogens is 2. The fourth-order valence-corrected chi connectivity index (χ4v) is 4.70. The van der Waals surface area contributed by atoms with Crippen molar-refractivity contribution in [3.63, 3.8) is 0 Å². The molecule has 1 aliphatic rings. The molecule has 1 amide bonds. The first-order valence-electron chi connectivity index (χ1n) is 11.9. The van der Waals surface area contributed by atoms with Gasteiger partial charge in [0.25, 0.3) is 0 Å². The highest BCUT2D eigenvalue weighted by Crippen LogP contribution is 2.32. The topological polar surface area (TPSA) is 105 Å². The van der Waals surface area contributed by atoms with E-state index >= 15 is 0 Å². The normalized spacial score (nSPS) is 15.4. The summed E-state index contributed by atoms with van der Waals surface area (Å²) in [6.45, 7) is 0.0167. The number of benzene rings is 2. The number of nitrogen functional groups attached to an aromatic ring is 1. The quantitative estimate of drug-likeness (QED) is 0.369. The summed E-state index contributed by atoms with van der Waals surface area (Å²) in [6.07, 6.45) is 4.45. The van der Waals surface area contributed by atoms with Gasteiger partial charge in [-0.3, -0.25) is 13.9 Å². The standard InChI is InChI=1S/C27H25F2N5O4/c1-37-21-4-2-5-22(24(21)29)38-19-9-7-17(8-10-19)34-25-20(11-14-31-26(25)30)33(27(34)36)18-12-15-32(16-18)23(35)6-3-13-28/h2-11,14,18H,12-13,15-16H2,1H3,(H2,30,31)/b6-3-. The van der Waals surface area contributed by atoms with Crippen LogP contribution in [0.4, 0.5) is 14.6 Å². The molecule has 38 heavy (non-hydrogen) atoms. The van der Waals surface area contributed by atoms with E-state index in [0.29, 0.717) is 42.0 Å². The molecule has 2 N–H and O–H groups in total. The molecule has 0 spiro atoms. The number of nitrogens with two attached hydrogens (primary N) is 1. The number of rotatable bonds is 7. The van der Waals surface area contributed by atoms with Gasteiger partial charge in [-0.2, -0.15) is 4.39 Å². The number of fused-ring (bicyclic) bond motifs is 1. The Morgan fingerprint density at radius 2 is 1.95 bits per heavy atom. The second-order valence-electron chi connectivity index (χ2n) is 8.70. The fraction of sp³-hybridized carbons (Fsp3) is 0.222. The van der Waals surface area contributed by atoms with Crippen molar-refractivity contribution in [2.24, 2.45) is 0 Å². The minimum absolute atomic E-state index is 0.000934. The molecule has 1 fully saturated rings. The highest BCUT2D eigenvalue weighted by molar-refractivity contribution is 5.88. The number of amides is 1. The van der Waals surface area contributed by atoms with E-state index in [1.54, 1.807) is 45.9 Å². The van der Waals surface area contributed by atoms with Crippen LogP contribution >= 0.6 is 0 Å². The number of allylic oxidation sites excluding steroid dienone is 1. The third-order valence-electron chi connectivity index (χ3n) is 6.47. The fourth-order valence-electron chi connectivity index (χ4n) is 4.70. The lowest BCUT2D eigenvalue weighted by Gasteiger charge is -2.15. The minimum Gasteiger partial charge on any atom is -0.494 e. The third-order valence-corrected chi connectivity index (χ3v) is 6.47. The summed E-state index contributed by atoms with van der Waals surface area (Å²) in [7, 11) is 1.37. The van der Waals surface area contributed by atoms with Gasteiger partial charge in [-0.15, -0.1) is 0 Å². The lowest BCUT2D eigenvalue weighted by atomic mass is 10.2. The third kappa shape index (κ3) is 4.47. The van der Waals surface area contributed by atoms with Gasteiger partial charge in [0.05, 0.1) is 24.4 Å². The van der Waals surface area contributed by atoms with Crippen LogP contribution in [0.25, 0.3) is 16.7 Å². The number of imidazole rings is 1. The van der Waals surface area contributed by atoms with Gasteiger partial charge >= 0.3 is 5.69 Å². The number of carbonyl (C=O) groups excluding carboxylic acids is 1. The van der Waals surface area contributed by atoms with Crippen molar-refractivity contribution in [3.05, 3.63) is 83.2 Å². The van der Waals surface area contributed by atoms with Crippen molar-refractivity contribution >= 4 is 22.8 Å². The maximum absolute atomic E-state index is 14.5. The van der Waals surface area contributed by atoms with Crippen molar-refractivity contribution in [1.82, 2.24) is 19.0 Å². The van der Waals surface area contributed by atoms with E-state index < -0.39 is 12.5 Å². The van der Waals surface area contributed by atoms with Crippen molar-refractivity contribution < 1.29 is 23.0 Å². The van der Waals surface area contributed by atoms with Gasteiger partial charge in [-0.05, 0) is 55.0 Å². The average Bonchev–Trinajstić information content (AvgIpc) is 3.52. The van der Waals surface area contributed by atoms with Gasteiger partial charge in [0.2, 0.25) is 11.7 Å². The van der Waals surface area contributed by atoms with Gasteiger partial charge in [0, 0.05) is 25.4 Å². The maximum atomic E-state index is 14.5. The van der Waals surface area contributed by atoms with Gasteiger partial charge in [0.1, 0.15) is 23.8 Å². The van der Waals surface area contributed by atoms with Crippen LogP contribution in [0, 0.1) is 5.82 Å². The predicted octanol–water partition coefficient (Wildman–Crippen LogP) is 4.01. The average molecular weight is 522 g/mol. The number of hydrogen-bond donors (Lipinski definition) is 1. The van der Waals surface area contributed by atoms with Crippen LogP contribution < -0.4 is 20.9 Å². The first-order chi connectivity index (χ1) is 18.4. The molecular formula is C27H25F2N5O4. The second-order valence-corrected chi connectivity index (χ2v) is 8.70. The summed E-state index contributed by atoms with van der Waals surface area (Å²) < 4.78 is 40.7. The Hall–Kier alpha value is -4.67. The summed E-state index contributed by atoms with van der Waals surface area (Å²) in [5.74, 6) is -0.329. The van der Waals surface area contributed by atoms with Crippen LogP contribution in [0.15, 0.2) is 71.7 Å². The Morgan fingerprint density at radius 1 is 1.18 bits per heavy atom. The highest BCUT2D eigenvalue weighted by atomic mass is 19.1. The molecule has 196 valence electrons. The molecule has 5 rings (SSSR count). The SMILES string of the molecule is COc1cccc(Oc2ccc(-n3c(=O)n(C4CCN(C(=O)/C=C\CF)C4)c4ccnc(N)c43)cc2)c1F. The Morgan fingerprint density at radius 3 is 2.68 bits per heavy atom. The van der Waals surface area contributed by atoms with E-state index in [1.165, 1.54) is 36.1 Å². The van der Waals surface area contributed by atoms with Crippen LogP contribution in [-0.4, -0.2) is 51.8 Å². The monoisotopic (exact) mass is 521 g/mol. The van der Waals surface area contributed by atoms with E-state index in [2.05, 4.69) is 4.98 Å². The molecule has 0 saturated carbocycles. The van der Waals surface area contributed by atoms with E-state index in [9.17, 15) is 18.4 Å². The molecule has 1 saturated heterocycles. The number of carbonyl (C=O) groups is 1. The smallest absolute Gasteiger partial charge is 0.334 e. The Kier molecular flexibility index (Phi) is 6.82. The zero-order valence-electron chi connectivity index (χ0n) is 20.5. The molecule has 2 aromatic carbocycles. The number of hydrogen-bond acceptors (Lipinski definition) is 6. The summed E-state index contributed by atoms with van der Waals surface area (Å²) >= 11 is 0. The molecule has 0 bridgehead atoms. The number of anilines is 1. The molecule has 2 aromatic heterocycles. The molecule has 4 aromatic rings. The van der Waals surface area contributed by atoms with Gasteiger partial charge < -0.3 is 20.1 Å². The first-order valence-corrected chi connectivity index (χ1v) is 11.9. The predicted molar refractivity (Wildman–Crippen MR) is 138 cm³/mol. The highest BCUT2D eigenvalue weighted by Gasteiger charge is 2.30. The lowest BCUT2D eigenvalue weighted by Crippen LogP contribution is -2.31. The molecule has 9 nitrogen and oxygen atoms in total. The Bertz CT molecular complexity index is 1580. The summed E-state index contributed by atoms with van der Waals surface area (Å²) in [6, 6.07) is 12.6. The van der Waals surface area contributed by atoms with Crippen molar-refractivity contribution in [2.45, 2.75) is 12.5 Å². The summed E-state index contributed by atoms with van der Waals surface area (Å²) in [4.78, 5) is 31.8. The van der Waals surface area contributed by atoms with E-state index in [0.717, 1.165) is 6.08 Å². The molecule has 0 aliphatic carbocycles.